The van der Waals surface area contributed by atoms with E-state index >= 15 is 0 Å². The van der Waals surface area contributed by atoms with Gasteiger partial charge in [-0.1, -0.05) is 89.8 Å². The Morgan fingerprint density at radius 3 is 2.55 bits per heavy atom. The summed E-state index contributed by atoms with van der Waals surface area (Å²) in [5.74, 6) is 1.34. The second-order valence-corrected chi connectivity index (χ2v) is 9.42. The molecule has 1 aliphatic heterocycles. The number of halogens is 1. The van der Waals surface area contributed by atoms with E-state index in [9.17, 15) is 4.79 Å². The van der Waals surface area contributed by atoms with Crippen molar-refractivity contribution in [2.24, 2.45) is 0 Å². The lowest BCUT2D eigenvalue weighted by Gasteiger charge is -2.14. The Labute approximate surface area is 188 Å². The monoisotopic (exact) mass is 457 g/mol. The van der Waals surface area contributed by atoms with Gasteiger partial charge in [0.05, 0.1) is 11.4 Å². The van der Waals surface area contributed by atoms with Crippen LogP contribution in [0.2, 0.25) is 5.02 Å². The molecule has 1 saturated heterocycles. The maximum absolute atomic E-state index is 12.8. The van der Waals surface area contributed by atoms with Gasteiger partial charge in [-0.3, -0.25) is 9.69 Å². The fraction of sp³-hybridized carbons (Fsp3) is 0.0909. The SMILES string of the molecule is O=C1C(=Cc2ccc(SCc3ccc(Cl)cc3)o2)SC(=S)N1Cc1ccccc1. The molecule has 3 nitrogen and oxygen atoms in total. The first-order valence-electron chi connectivity index (χ1n) is 8.85. The van der Waals surface area contributed by atoms with Crippen molar-refractivity contribution in [1.82, 2.24) is 4.90 Å². The predicted molar refractivity (Wildman–Crippen MR) is 125 cm³/mol. The van der Waals surface area contributed by atoms with Crippen LogP contribution in [0, 0.1) is 0 Å². The molecule has 2 aromatic carbocycles. The van der Waals surface area contributed by atoms with E-state index in [0.717, 1.165) is 21.4 Å². The number of thioether (sulfide) groups is 2. The number of benzene rings is 2. The summed E-state index contributed by atoms with van der Waals surface area (Å²) in [6.45, 7) is 0.475. The van der Waals surface area contributed by atoms with Crippen LogP contribution in [-0.4, -0.2) is 15.1 Å². The number of hydrogen-bond donors (Lipinski definition) is 0. The zero-order valence-electron chi connectivity index (χ0n) is 15.2. The maximum Gasteiger partial charge on any atom is 0.266 e. The smallest absolute Gasteiger partial charge is 0.266 e. The van der Waals surface area contributed by atoms with Gasteiger partial charge >= 0.3 is 0 Å². The molecule has 29 heavy (non-hydrogen) atoms. The van der Waals surface area contributed by atoms with Gasteiger partial charge in [-0.15, -0.1) is 0 Å². The summed E-state index contributed by atoms with van der Waals surface area (Å²) in [6, 6.07) is 21.4. The summed E-state index contributed by atoms with van der Waals surface area (Å²) in [6.07, 6.45) is 1.76. The third kappa shape index (κ3) is 5.14. The van der Waals surface area contributed by atoms with Crippen LogP contribution < -0.4 is 0 Å². The van der Waals surface area contributed by atoms with Gasteiger partial charge in [-0.2, -0.15) is 0 Å². The summed E-state index contributed by atoms with van der Waals surface area (Å²) >= 11 is 14.2. The summed E-state index contributed by atoms with van der Waals surface area (Å²) < 4.78 is 6.43. The molecule has 0 N–H and O–H groups in total. The lowest BCUT2D eigenvalue weighted by molar-refractivity contribution is -0.122. The van der Waals surface area contributed by atoms with Gasteiger partial charge in [0, 0.05) is 16.9 Å². The summed E-state index contributed by atoms with van der Waals surface area (Å²) in [7, 11) is 0. The van der Waals surface area contributed by atoms with Crippen molar-refractivity contribution in [3.63, 3.8) is 0 Å². The summed E-state index contributed by atoms with van der Waals surface area (Å²) in [4.78, 5) is 15.0. The van der Waals surface area contributed by atoms with E-state index in [1.54, 1.807) is 22.7 Å². The summed E-state index contributed by atoms with van der Waals surface area (Å²) in [5.41, 5.74) is 2.21. The largest absolute Gasteiger partial charge is 0.450 e. The van der Waals surface area contributed by atoms with E-state index in [-0.39, 0.29) is 5.91 Å². The fourth-order valence-corrected chi connectivity index (χ4v) is 4.94. The van der Waals surface area contributed by atoms with Gasteiger partial charge in [0.25, 0.3) is 5.91 Å². The molecule has 0 atom stereocenters. The highest BCUT2D eigenvalue weighted by molar-refractivity contribution is 8.26. The first-order valence-corrected chi connectivity index (χ1v) is 11.4. The van der Waals surface area contributed by atoms with Gasteiger partial charge in [0.15, 0.2) is 5.09 Å². The van der Waals surface area contributed by atoms with Gasteiger partial charge < -0.3 is 4.42 Å². The molecule has 1 fully saturated rings. The minimum atomic E-state index is -0.0874. The van der Waals surface area contributed by atoms with E-state index in [2.05, 4.69) is 0 Å². The molecule has 0 spiro atoms. The Kier molecular flexibility index (Phi) is 6.45. The Morgan fingerprint density at radius 1 is 1.03 bits per heavy atom. The molecule has 7 heteroatoms. The average molecular weight is 458 g/mol. The van der Waals surface area contributed by atoms with Crippen molar-refractivity contribution in [3.05, 3.63) is 93.5 Å². The maximum atomic E-state index is 12.8. The molecule has 146 valence electrons. The zero-order chi connectivity index (χ0) is 20.2. The minimum absolute atomic E-state index is 0.0874. The normalized spacial score (nSPS) is 15.5. The minimum Gasteiger partial charge on any atom is -0.450 e. The zero-order valence-corrected chi connectivity index (χ0v) is 18.4. The van der Waals surface area contributed by atoms with Gasteiger partial charge in [-0.05, 0) is 35.4 Å². The number of carbonyl (C=O) groups excluding carboxylic acids is 1. The van der Waals surface area contributed by atoms with Crippen LogP contribution in [0.25, 0.3) is 6.08 Å². The van der Waals surface area contributed by atoms with Crippen molar-refractivity contribution in [2.45, 2.75) is 17.4 Å². The van der Waals surface area contributed by atoms with Crippen molar-refractivity contribution >= 4 is 63.6 Å². The number of nitrogens with zero attached hydrogens (tertiary/aromatic N) is 1. The molecule has 3 aromatic rings. The Balaban J connectivity index is 1.41. The number of rotatable bonds is 6. The van der Waals surface area contributed by atoms with Crippen LogP contribution in [0.1, 0.15) is 16.9 Å². The second-order valence-electron chi connectivity index (χ2n) is 6.33. The molecule has 0 unspecified atom stereocenters. The van der Waals surface area contributed by atoms with Gasteiger partial charge in [-0.25, -0.2) is 0 Å². The molecular weight excluding hydrogens is 442 g/mol. The summed E-state index contributed by atoms with van der Waals surface area (Å²) in [5, 5.41) is 1.52. The van der Waals surface area contributed by atoms with E-state index < -0.39 is 0 Å². The number of furan rings is 1. The lowest BCUT2D eigenvalue weighted by Crippen LogP contribution is -2.27. The van der Waals surface area contributed by atoms with E-state index in [1.165, 1.54) is 17.3 Å². The quantitative estimate of drug-likeness (QED) is 0.236. The first kappa shape index (κ1) is 20.3. The van der Waals surface area contributed by atoms with Gasteiger partial charge in [0.1, 0.15) is 10.1 Å². The molecule has 1 aliphatic rings. The number of hydrogen-bond acceptors (Lipinski definition) is 5. The van der Waals surface area contributed by atoms with Crippen molar-refractivity contribution in [1.29, 1.82) is 0 Å². The number of carbonyl (C=O) groups is 1. The number of amides is 1. The molecule has 4 rings (SSSR count). The molecule has 1 aromatic heterocycles. The van der Waals surface area contributed by atoms with Crippen LogP contribution in [-0.2, 0) is 17.1 Å². The average Bonchev–Trinajstić information content (AvgIpc) is 3.28. The van der Waals surface area contributed by atoms with Crippen LogP contribution in [0.5, 0.6) is 0 Å². The van der Waals surface area contributed by atoms with E-state index in [1.807, 2.05) is 66.7 Å². The predicted octanol–water partition coefficient (Wildman–Crippen LogP) is 6.63. The van der Waals surface area contributed by atoms with Gasteiger partial charge in [0.2, 0.25) is 0 Å². The lowest BCUT2D eigenvalue weighted by atomic mass is 10.2. The topological polar surface area (TPSA) is 33.5 Å². The second kappa shape index (κ2) is 9.22. The Hall–Kier alpha value is -1.99. The Bertz CT molecular complexity index is 1060. The van der Waals surface area contributed by atoms with Crippen molar-refractivity contribution < 1.29 is 9.21 Å². The third-order valence-corrected chi connectivity index (χ3v) is 6.84. The molecule has 0 aliphatic carbocycles. The standard InChI is InChI=1S/C22H16ClNO2S3/c23-17-8-6-16(7-9-17)14-28-20-11-10-18(26-20)12-19-21(25)24(22(27)29-19)13-15-4-2-1-3-5-15/h1-12H,13-14H2. The van der Waals surface area contributed by atoms with Crippen LogP contribution in [0.3, 0.4) is 0 Å². The van der Waals surface area contributed by atoms with Crippen molar-refractivity contribution in [3.8, 4) is 0 Å². The van der Waals surface area contributed by atoms with E-state index in [0.29, 0.717) is 21.5 Å². The van der Waals surface area contributed by atoms with E-state index in [4.69, 9.17) is 28.2 Å². The fourth-order valence-electron chi connectivity index (χ4n) is 2.76. The molecule has 0 radical (unpaired) electrons. The van der Waals surface area contributed by atoms with Crippen LogP contribution >= 0.6 is 47.3 Å². The Morgan fingerprint density at radius 2 is 1.79 bits per heavy atom. The van der Waals surface area contributed by atoms with Crippen LogP contribution in [0.15, 0.2) is 81.1 Å². The molecule has 1 amide bonds. The molecule has 0 saturated carbocycles. The molecule has 2 heterocycles. The highest BCUT2D eigenvalue weighted by Gasteiger charge is 2.32. The molecule has 0 bridgehead atoms. The van der Waals surface area contributed by atoms with Crippen molar-refractivity contribution in [2.75, 3.05) is 0 Å². The first-order chi connectivity index (χ1) is 14.1. The number of thiocarbonyl (C=S) groups is 1. The molecular formula is C22H16ClNO2S3. The third-order valence-electron chi connectivity index (χ3n) is 4.23. The highest BCUT2D eigenvalue weighted by atomic mass is 35.5. The highest BCUT2D eigenvalue weighted by Crippen LogP contribution is 2.34. The van der Waals surface area contributed by atoms with Crippen LogP contribution in [0.4, 0.5) is 0 Å².